The van der Waals surface area contributed by atoms with Gasteiger partial charge in [0.1, 0.15) is 42.2 Å². The minimum absolute atomic E-state index is 0.0211. The number of halogens is 2. The molecule has 0 amide bonds. The third-order valence-corrected chi connectivity index (χ3v) is 7.42. The number of benzene rings is 2. The molecule has 2 aliphatic heterocycles. The van der Waals surface area contributed by atoms with E-state index in [9.17, 15) is 4.39 Å². The Morgan fingerprint density at radius 1 is 1.11 bits per heavy atom. The van der Waals surface area contributed by atoms with Crippen LogP contribution in [-0.2, 0) is 4.74 Å². The first-order valence-corrected chi connectivity index (χ1v) is 13.7. The summed E-state index contributed by atoms with van der Waals surface area (Å²) in [6, 6.07) is 8.88. The van der Waals surface area contributed by atoms with E-state index in [-0.39, 0.29) is 11.1 Å². The monoisotopic (exact) mass is 543 g/mol. The van der Waals surface area contributed by atoms with Gasteiger partial charge in [0.25, 0.3) is 0 Å². The highest BCUT2D eigenvalue weighted by molar-refractivity contribution is 6.31. The minimum Gasteiger partial charge on any atom is -0.492 e. The lowest BCUT2D eigenvalue weighted by Gasteiger charge is -2.36. The Labute approximate surface area is 228 Å². The maximum absolute atomic E-state index is 13.7. The summed E-state index contributed by atoms with van der Waals surface area (Å²) in [6.45, 7) is 11.5. The fraction of sp³-hybridized carbons (Fsp3) is 0.500. The van der Waals surface area contributed by atoms with E-state index >= 15 is 0 Å². The molecule has 10 heteroatoms. The van der Waals surface area contributed by atoms with E-state index in [4.69, 9.17) is 25.8 Å². The summed E-state index contributed by atoms with van der Waals surface area (Å²) in [5.74, 6) is 1.42. The quantitative estimate of drug-likeness (QED) is 0.398. The standard InChI is InChI=1S/C28H35ClFN5O3/c1-19(2)35-9-7-34(8-10-35)11-14-37-22-16-25-27(26(17-22)38-21-5-12-36-13-6-21)28(32-18-31-25)33-20-3-4-24(30)23(29)15-20/h3-4,15-19,21H,5-14H2,1-2H3,(H,31,32,33). The van der Waals surface area contributed by atoms with Gasteiger partial charge in [0.15, 0.2) is 0 Å². The summed E-state index contributed by atoms with van der Waals surface area (Å²) < 4.78 is 31.9. The highest BCUT2D eigenvalue weighted by Crippen LogP contribution is 2.37. The molecule has 0 unspecified atom stereocenters. The van der Waals surface area contributed by atoms with Gasteiger partial charge >= 0.3 is 0 Å². The van der Waals surface area contributed by atoms with Crippen molar-refractivity contribution in [2.45, 2.75) is 38.8 Å². The zero-order chi connectivity index (χ0) is 26.5. The molecule has 0 radical (unpaired) electrons. The zero-order valence-electron chi connectivity index (χ0n) is 22.0. The van der Waals surface area contributed by atoms with Crippen LogP contribution >= 0.6 is 11.6 Å². The van der Waals surface area contributed by atoms with E-state index in [0.717, 1.165) is 51.0 Å². The first-order valence-electron chi connectivity index (χ1n) is 13.3. The summed E-state index contributed by atoms with van der Waals surface area (Å²) in [7, 11) is 0. The van der Waals surface area contributed by atoms with Crippen molar-refractivity contribution in [1.82, 2.24) is 19.8 Å². The molecule has 8 nitrogen and oxygen atoms in total. The molecule has 0 atom stereocenters. The van der Waals surface area contributed by atoms with Crippen molar-refractivity contribution < 1.29 is 18.6 Å². The number of ether oxygens (including phenoxy) is 3. The van der Waals surface area contributed by atoms with Crippen LogP contribution in [-0.4, -0.2) is 84.5 Å². The van der Waals surface area contributed by atoms with E-state index in [1.165, 1.54) is 18.5 Å². The smallest absolute Gasteiger partial charge is 0.145 e. The van der Waals surface area contributed by atoms with Gasteiger partial charge in [0.2, 0.25) is 0 Å². The molecule has 0 spiro atoms. The van der Waals surface area contributed by atoms with E-state index in [1.54, 1.807) is 6.07 Å². The van der Waals surface area contributed by atoms with Crippen LogP contribution in [0.5, 0.6) is 11.5 Å². The number of nitrogens with one attached hydrogen (secondary N) is 1. The first kappa shape index (κ1) is 26.9. The summed E-state index contributed by atoms with van der Waals surface area (Å²) >= 11 is 6.00. The molecule has 5 rings (SSSR count). The van der Waals surface area contributed by atoms with Gasteiger partial charge in [-0.25, -0.2) is 14.4 Å². The number of aromatic nitrogens is 2. The largest absolute Gasteiger partial charge is 0.492 e. The second-order valence-corrected chi connectivity index (χ2v) is 10.4. The Hall–Kier alpha value is -2.72. The van der Waals surface area contributed by atoms with Gasteiger partial charge < -0.3 is 19.5 Å². The molecular formula is C28H35ClFN5O3. The van der Waals surface area contributed by atoms with Crippen LogP contribution in [0.4, 0.5) is 15.9 Å². The summed E-state index contributed by atoms with van der Waals surface area (Å²) in [4.78, 5) is 13.9. The second kappa shape index (κ2) is 12.4. The van der Waals surface area contributed by atoms with Gasteiger partial charge in [-0.2, -0.15) is 0 Å². The van der Waals surface area contributed by atoms with Gasteiger partial charge in [-0.15, -0.1) is 0 Å². The van der Waals surface area contributed by atoms with Gasteiger partial charge in [-0.1, -0.05) is 11.6 Å². The molecule has 38 heavy (non-hydrogen) atoms. The lowest BCUT2D eigenvalue weighted by molar-refractivity contribution is 0.0261. The predicted molar refractivity (Wildman–Crippen MR) is 147 cm³/mol. The normalized spacial score (nSPS) is 17.7. The van der Waals surface area contributed by atoms with Crippen molar-refractivity contribution in [3.05, 3.63) is 47.5 Å². The first-order chi connectivity index (χ1) is 18.5. The molecule has 204 valence electrons. The van der Waals surface area contributed by atoms with Crippen molar-refractivity contribution in [3.63, 3.8) is 0 Å². The van der Waals surface area contributed by atoms with Crippen LogP contribution < -0.4 is 14.8 Å². The third kappa shape index (κ3) is 6.64. The lowest BCUT2D eigenvalue weighted by atomic mass is 10.1. The van der Waals surface area contributed by atoms with Crippen LogP contribution in [0.15, 0.2) is 36.7 Å². The molecule has 0 bridgehead atoms. The third-order valence-electron chi connectivity index (χ3n) is 7.13. The SMILES string of the molecule is CC(C)N1CCN(CCOc2cc(OC3CCOCC3)c3c(Nc4ccc(F)c(Cl)c4)ncnc3c2)CC1. The molecule has 3 aromatic rings. The zero-order valence-corrected chi connectivity index (χ0v) is 22.7. The van der Waals surface area contributed by atoms with Crippen molar-refractivity contribution in [2.24, 2.45) is 0 Å². The van der Waals surface area contributed by atoms with Crippen LogP contribution in [0.3, 0.4) is 0 Å². The van der Waals surface area contributed by atoms with E-state index in [1.807, 2.05) is 12.1 Å². The lowest BCUT2D eigenvalue weighted by Crippen LogP contribution is -2.49. The van der Waals surface area contributed by atoms with Crippen LogP contribution in [0.1, 0.15) is 26.7 Å². The summed E-state index contributed by atoms with van der Waals surface area (Å²) in [6.07, 6.45) is 3.12. The van der Waals surface area contributed by atoms with Crippen molar-refractivity contribution in [2.75, 3.05) is 57.9 Å². The van der Waals surface area contributed by atoms with Gasteiger partial charge in [-0.3, -0.25) is 9.80 Å². The molecule has 2 fully saturated rings. The maximum Gasteiger partial charge on any atom is 0.145 e. The molecule has 1 N–H and O–H groups in total. The molecule has 2 aliphatic rings. The fourth-order valence-corrected chi connectivity index (χ4v) is 5.06. The van der Waals surface area contributed by atoms with Crippen molar-refractivity contribution in [1.29, 1.82) is 0 Å². The second-order valence-electron chi connectivity index (χ2n) is 10.0. The highest BCUT2D eigenvalue weighted by atomic mass is 35.5. The predicted octanol–water partition coefficient (Wildman–Crippen LogP) is 5.13. The van der Waals surface area contributed by atoms with Gasteiger partial charge in [-0.05, 0) is 32.0 Å². The Bertz CT molecular complexity index is 1230. The van der Waals surface area contributed by atoms with Crippen molar-refractivity contribution in [3.8, 4) is 11.5 Å². The number of rotatable bonds is 9. The van der Waals surface area contributed by atoms with Crippen LogP contribution in [0.2, 0.25) is 5.02 Å². The number of hydrogen-bond donors (Lipinski definition) is 1. The number of nitrogens with zero attached hydrogens (tertiary/aromatic N) is 4. The molecular weight excluding hydrogens is 509 g/mol. The Kier molecular flexibility index (Phi) is 8.79. The van der Waals surface area contributed by atoms with E-state index in [2.05, 4.69) is 38.9 Å². The number of fused-ring (bicyclic) bond motifs is 1. The summed E-state index contributed by atoms with van der Waals surface area (Å²) in [5, 5.41) is 4.02. The molecule has 2 saturated heterocycles. The molecule has 1 aromatic heterocycles. The van der Waals surface area contributed by atoms with Crippen molar-refractivity contribution >= 4 is 34.0 Å². The highest BCUT2D eigenvalue weighted by Gasteiger charge is 2.21. The molecule has 0 saturated carbocycles. The van der Waals surface area contributed by atoms with Gasteiger partial charge in [0.05, 0.1) is 29.1 Å². The maximum atomic E-state index is 13.7. The number of hydrogen-bond acceptors (Lipinski definition) is 8. The minimum atomic E-state index is -0.475. The average Bonchev–Trinajstić information content (AvgIpc) is 2.92. The van der Waals surface area contributed by atoms with E-state index < -0.39 is 5.82 Å². The topological polar surface area (TPSA) is 72.0 Å². The average molecular weight is 544 g/mol. The fourth-order valence-electron chi connectivity index (χ4n) is 4.88. The molecule has 0 aliphatic carbocycles. The number of piperazine rings is 1. The molecule has 3 heterocycles. The Balaban J connectivity index is 1.35. The Morgan fingerprint density at radius 2 is 1.89 bits per heavy atom. The summed E-state index contributed by atoms with van der Waals surface area (Å²) in [5.41, 5.74) is 1.31. The van der Waals surface area contributed by atoms with E-state index in [0.29, 0.717) is 54.4 Å². The molecule has 2 aromatic carbocycles. The van der Waals surface area contributed by atoms with Gasteiger partial charge in [0, 0.05) is 69.4 Å². The van der Waals surface area contributed by atoms with Crippen LogP contribution in [0.25, 0.3) is 10.9 Å². The van der Waals surface area contributed by atoms with Crippen LogP contribution in [0, 0.1) is 5.82 Å². The number of anilines is 2. The Morgan fingerprint density at radius 3 is 2.63 bits per heavy atom.